The number of nitrogens with two attached hydrogens (primary N) is 1. The molecule has 17 heavy (non-hydrogen) atoms. The van der Waals surface area contributed by atoms with Crippen LogP contribution in [0.5, 0.6) is 0 Å². The lowest BCUT2D eigenvalue weighted by molar-refractivity contribution is 0.321. The molecule has 0 aromatic carbocycles. The smallest absolute Gasteiger partial charge is 0.140 e. The van der Waals surface area contributed by atoms with E-state index in [1.54, 1.807) is 17.7 Å². The Bertz CT molecular complexity index is 557. The average molecular weight is 248 g/mol. The first-order valence-electron chi connectivity index (χ1n) is 5.86. The van der Waals surface area contributed by atoms with Crippen molar-refractivity contribution in [3.63, 3.8) is 0 Å². The summed E-state index contributed by atoms with van der Waals surface area (Å²) in [4.78, 5) is 13.3. The average Bonchev–Trinajstić information content (AvgIpc) is 2.64. The standard InChI is InChI=1S/C12H16N4S/c1-3-12(13)5-16(6-12)10-9-4-8(2)17-11(9)15-7-14-10/h4,7H,3,5-6,13H2,1-2H3. The fourth-order valence-corrected chi connectivity index (χ4v) is 3.14. The first-order chi connectivity index (χ1) is 8.11. The van der Waals surface area contributed by atoms with Gasteiger partial charge < -0.3 is 10.6 Å². The second-order valence-corrected chi connectivity index (χ2v) is 6.08. The van der Waals surface area contributed by atoms with Crippen LogP contribution in [0.3, 0.4) is 0 Å². The summed E-state index contributed by atoms with van der Waals surface area (Å²) in [6, 6.07) is 2.16. The molecule has 3 rings (SSSR count). The van der Waals surface area contributed by atoms with E-state index in [4.69, 9.17) is 5.73 Å². The van der Waals surface area contributed by atoms with E-state index in [0.717, 1.165) is 35.5 Å². The van der Waals surface area contributed by atoms with Crippen LogP contribution in [0.2, 0.25) is 0 Å². The van der Waals surface area contributed by atoms with Crippen LogP contribution in [0.4, 0.5) is 5.82 Å². The highest BCUT2D eigenvalue weighted by Gasteiger charge is 2.39. The van der Waals surface area contributed by atoms with E-state index in [9.17, 15) is 0 Å². The molecule has 0 amide bonds. The van der Waals surface area contributed by atoms with Gasteiger partial charge in [0.15, 0.2) is 0 Å². The van der Waals surface area contributed by atoms with E-state index in [1.807, 2.05) is 0 Å². The Morgan fingerprint density at radius 1 is 1.47 bits per heavy atom. The number of hydrogen-bond donors (Lipinski definition) is 1. The Labute approximate surface area is 104 Å². The van der Waals surface area contributed by atoms with Crippen molar-refractivity contribution in [1.29, 1.82) is 0 Å². The minimum Gasteiger partial charge on any atom is -0.352 e. The number of thiophene rings is 1. The van der Waals surface area contributed by atoms with Crippen LogP contribution in [0, 0.1) is 6.92 Å². The summed E-state index contributed by atoms with van der Waals surface area (Å²) < 4.78 is 0. The topological polar surface area (TPSA) is 55.0 Å². The largest absolute Gasteiger partial charge is 0.352 e. The number of anilines is 1. The Morgan fingerprint density at radius 3 is 2.94 bits per heavy atom. The monoisotopic (exact) mass is 248 g/mol. The van der Waals surface area contributed by atoms with Gasteiger partial charge in [-0.05, 0) is 19.4 Å². The van der Waals surface area contributed by atoms with Gasteiger partial charge in [0.1, 0.15) is 17.0 Å². The van der Waals surface area contributed by atoms with Gasteiger partial charge in [0.05, 0.1) is 10.9 Å². The number of aryl methyl sites for hydroxylation is 1. The predicted octanol–water partition coefficient (Wildman–Crippen LogP) is 1.93. The zero-order valence-corrected chi connectivity index (χ0v) is 10.9. The Kier molecular flexibility index (Phi) is 2.34. The number of nitrogens with zero attached hydrogens (tertiary/aromatic N) is 3. The highest BCUT2D eigenvalue weighted by molar-refractivity contribution is 7.18. The maximum Gasteiger partial charge on any atom is 0.140 e. The van der Waals surface area contributed by atoms with Crippen LogP contribution in [0.1, 0.15) is 18.2 Å². The fourth-order valence-electron chi connectivity index (χ4n) is 2.30. The summed E-state index contributed by atoms with van der Waals surface area (Å²) in [5.74, 6) is 1.04. The minimum absolute atomic E-state index is 0.0255. The summed E-state index contributed by atoms with van der Waals surface area (Å²) in [6.45, 7) is 6.03. The normalized spacial score (nSPS) is 18.4. The minimum atomic E-state index is -0.0255. The third-order valence-electron chi connectivity index (χ3n) is 3.45. The van der Waals surface area contributed by atoms with Gasteiger partial charge in [-0.2, -0.15) is 0 Å². The van der Waals surface area contributed by atoms with Crippen molar-refractivity contribution >= 4 is 27.4 Å². The van der Waals surface area contributed by atoms with E-state index in [1.165, 1.54) is 4.88 Å². The van der Waals surface area contributed by atoms with Crippen molar-refractivity contribution in [2.45, 2.75) is 25.8 Å². The summed E-state index contributed by atoms with van der Waals surface area (Å²) in [5.41, 5.74) is 6.17. The molecule has 1 aliphatic rings. The highest BCUT2D eigenvalue weighted by atomic mass is 32.1. The molecule has 0 unspecified atom stereocenters. The van der Waals surface area contributed by atoms with E-state index >= 15 is 0 Å². The van der Waals surface area contributed by atoms with Gasteiger partial charge in [-0.15, -0.1) is 11.3 Å². The Hall–Kier alpha value is -1.20. The quantitative estimate of drug-likeness (QED) is 0.882. The molecule has 2 aromatic rings. The predicted molar refractivity (Wildman–Crippen MR) is 71.6 cm³/mol. The van der Waals surface area contributed by atoms with Gasteiger partial charge >= 0.3 is 0 Å². The van der Waals surface area contributed by atoms with E-state index in [2.05, 4.69) is 34.8 Å². The fraction of sp³-hybridized carbons (Fsp3) is 0.500. The molecule has 3 heterocycles. The molecule has 4 nitrogen and oxygen atoms in total. The second kappa shape index (κ2) is 3.65. The third-order valence-corrected chi connectivity index (χ3v) is 4.41. The van der Waals surface area contributed by atoms with Gasteiger partial charge in [0, 0.05) is 18.0 Å². The van der Waals surface area contributed by atoms with Crippen LogP contribution >= 0.6 is 11.3 Å². The number of hydrogen-bond acceptors (Lipinski definition) is 5. The van der Waals surface area contributed by atoms with Crippen molar-refractivity contribution in [1.82, 2.24) is 9.97 Å². The molecular weight excluding hydrogens is 232 g/mol. The molecule has 90 valence electrons. The van der Waals surface area contributed by atoms with E-state index in [-0.39, 0.29) is 5.54 Å². The lowest BCUT2D eigenvalue weighted by atomic mass is 9.88. The first kappa shape index (κ1) is 10.9. The Morgan fingerprint density at radius 2 is 2.24 bits per heavy atom. The lowest BCUT2D eigenvalue weighted by Crippen LogP contribution is -2.67. The molecule has 0 aliphatic carbocycles. The van der Waals surface area contributed by atoms with E-state index in [0.29, 0.717) is 0 Å². The van der Waals surface area contributed by atoms with Crippen molar-refractivity contribution in [2.24, 2.45) is 5.73 Å². The molecule has 0 radical (unpaired) electrons. The molecule has 5 heteroatoms. The first-order valence-corrected chi connectivity index (χ1v) is 6.68. The molecule has 1 aliphatic heterocycles. The highest BCUT2D eigenvalue weighted by Crippen LogP contribution is 2.34. The van der Waals surface area contributed by atoms with Gasteiger partial charge in [-0.1, -0.05) is 6.92 Å². The molecule has 0 saturated carbocycles. The maximum atomic E-state index is 6.20. The Balaban J connectivity index is 1.97. The van der Waals surface area contributed by atoms with Crippen molar-refractivity contribution in [3.8, 4) is 0 Å². The van der Waals surface area contributed by atoms with Crippen LogP contribution in [-0.4, -0.2) is 28.6 Å². The van der Waals surface area contributed by atoms with Crippen LogP contribution in [0.15, 0.2) is 12.4 Å². The molecule has 1 fully saturated rings. The van der Waals surface area contributed by atoms with Gasteiger partial charge in [0.25, 0.3) is 0 Å². The van der Waals surface area contributed by atoms with Crippen LogP contribution in [-0.2, 0) is 0 Å². The number of rotatable bonds is 2. The van der Waals surface area contributed by atoms with Crippen molar-refractivity contribution in [3.05, 3.63) is 17.3 Å². The molecule has 1 saturated heterocycles. The number of aromatic nitrogens is 2. The second-order valence-electron chi connectivity index (χ2n) is 4.85. The van der Waals surface area contributed by atoms with Gasteiger partial charge in [0.2, 0.25) is 0 Å². The molecule has 0 atom stereocenters. The van der Waals surface area contributed by atoms with Gasteiger partial charge in [-0.25, -0.2) is 9.97 Å². The van der Waals surface area contributed by atoms with Crippen molar-refractivity contribution in [2.75, 3.05) is 18.0 Å². The van der Waals surface area contributed by atoms with Crippen molar-refractivity contribution < 1.29 is 0 Å². The maximum absolute atomic E-state index is 6.20. The summed E-state index contributed by atoms with van der Waals surface area (Å²) in [7, 11) is 0. The molecule has 0 bridgehead atoms. The third kappa shape index (κ3) is 1.70. The SMILES string of the molecule is CCC1(N)CN(c2ncnc3sc(C)cc23)C1. The summed E-state index contributed by atoms with van der Waals surface area (Å²) in [6.07, 6.45) is 2.66. The number of fused-ring (bicyclic) bond motifs is 1. The zero-order valence-electron chi connectivity index (χ0n) is 10.1. The van der Waals surface area contributed by atoms with Crippen LogP contribution < -0.4 is 10.6 Å². The van der Waals surface area contributed by atoms with Gasteiger partial charge in [-0.3, -0.25) is 0 Å². The van der Waals surface area contributed by atoms with Crippen LogP contribution in [0.25, 0.3) is 10.2 Å². The lowest BCUT2D eigenvalue weighted by Gasteiger charge is -2.48. The molecular formula is C12H16N4S. The molecule has 2 N–H and O–H groups in total. The van der Waals surface area contributed by atoms with E-state index < -0.39 is 0 Å². The molecule has 0 spiro atoms. The molecule has 2 aromatic heterocycles. The summed E-state index contributed by atoms with van der Waals surface area (Å²) in [5, 5.41) is 1.16. The zero-order chi connectivity index (χ0) is 12.0. The summed E-state index contributed by atoms with van der Waals surface area (Å²) >= 11 is 1.71.